The maximum absolute atomic E-state index is 14.0. The third-order valence-electron chi connectivity index (χ3n) is 6.95. The van der Waals surface area contributed by atoms with Crippen molar-refractivity contribution in [2.75, 3.05) is 18.2 Å². The zero-order chi connectivity index (χ0) is 28.1. The van der Waals surface area contributed by atoms with E-state index in [4.69, 9.17) is 10.5 Å². The summed E-state index contributed by atoms with van der Waals surface area (Å²) in [6, 6.07) is 16.7. The Kier molecular flexibility index (Phi) is 5.90. The van der Waals surface area contributed by atoms with Gasteiger partial charge in [-0.2, -0.15) is 13.2 Å². The molecule has 0 radical (unpaired) electrons. The summed E-state index contributed by atoms with van der Waals surface area (Å²) in [7, 11) is 1.37. The maximum Gasteiger partial charge on any atom is 0.435 e. The first-order chi connectivity index (χ1) is 19.2. The van der Waals surface area contributed by atoms with Gasteiger partial charge >= 0.3 is 6.18 Å². The number of hydrogen-bond donors (Lipinski definition) is 2. The normalized spacial score (nSPS) is 14.2. The lowest BCUT2D eigenvalue weighted by Gasteiger charge is -2.16. The van der Waals surface area contributed by atoms with Crippen LogP contribution in [0.5, 0.6) is 5.88 Å². The molecule has 40 heavy (non-hydrogen) atoms. The van der Waals surface area contributed by atoms with E-state index in [0.717, 1.165) is 5.56 Å². The number of benzene rings is 2. The van der Waals surface area contributed by atoms with Crippen molar-refractivity contribution >= 4 is 22.9 Å². The van der Waals surface area contributed by atoms with E-state index in [-0.39, 0.29) is 28.8 Å². The summed E-state index contributed by atoms with van der Waals surface area (Å²) in [5.41, 5.74) is 6.40. The SMILES string of the molecule is COc1cc2nc(C(F)(F)F)c(-c3ccnc(C4(c5ccc(C(=O)Nc6ccccc6N)cc5)CC4)n3)n2cn1. The summed E-state index contributed by atoms with van der Waals surface area (Å²) < 4.78 is 48.3. The average Bonchev–Trinajstić information content (AvgIpc) is 3.67. The molecule has 202 valence electrons. The minimum Gasteiger partial charge on any atom is -0.481 e. The van der Waals surface area contributed by atoms with Crippen molar-refractivity contribution in [3.8, 4) is 17.3 Å². The number of imidazole rings is 1. The highest BCUT2D eigenvalue weighted by Crippen LogP contribution is 2.52. The number of aromatic nitrogens is 5. The Hall–Kier alpha value is -5.00. The zero-order valence-corrected chi connectivity index (χ0v) is 21.1. The van der Waals surface area contributed by atoms with E-state index in [9.17, 15) is 18.0 Å². The van der Waals surface area contributed by atoms with Gasteiger partial charge in [0.1, 0.15) is 23.5 Å². The van der Waals surface area contributed by atoms with Crippen molar-refractivity contribution in [2.45, 2.75) is 24.4 Å². The summed E-state index contributed by atoms with van der Waals surface area (Å²) in [6.45, 7) is 0. The molecule has 0 bridgehead atoms. The Balaban J connectivity index is 1.34. The molecule has 1 saturated carbocycles. The highest BCUT2D eigenvalue weighted by molar-refractivity contribution is 6.05. The molecule has 3 heterocycles. The number of amides is 1. The first-order valence-electron chi connectivity index (χ1n) is 12.3. The number of ether oxygens (including phenoxy) is 1. The van der Waals surface area contributed by atoms with E-state index in [1.165, 1.54) is 36.2 Å². The second-order valence-corrected chi connectivity index (χ2v) is 9.43. The van der Waals surface area contributed by atoms with Crippen molar-refractivity contribution in [1.29, 1.82) is 0 Å². The van der Waals surface area contributed by atoms with Crippen LogP contribution in [0.15, 0.2) is 73.2 Å². The minimum absolute atomic E-state index is 0.0293. The lowest BCUT2D eigenvalue weighted by Crippen LogP contribution is -2.16. The van der Waals surface area contributed by atoms with E-state index in [1.807, 2.05) is 12.1 Å². The highest BCUT2D eigenvalue weighted by atomic mass is 19.4. The van der Waals surface area contributed by atoms with Crippen LogP contribution in [0.1, 0.15) is 40.3 Å². The van der Waals surface area contributed by atoms with Crippen molar-refractivity contribution in [3.63, 3.8) is 0 Å². The number of rotatable bonds is 6. The minimum atomic E-state index is -4.72. The number of fused-ring (bicyclic) bond motifs is 1. The smallest absolute Gasteiger partial charge is 0.435 e. The molecule has 1 fully saturated rings. The third kappa shape index (κ3) is 4.36. The molecule has 1 aliphatic rings. The number of nitrogens with zero attached hydrogens (tertiary/aromatic N) is 5. The van der Waals surface area contributed by atoms with E-state index >= 15 is 0 Å². The first-order valence-corrected chi connectivity index (χ1v) is 12.3. The second kappa shape index (κ2) is 9.33. The quantitative estimate of drug-likeness (QED) is 0.284. The number of carbonyl (C=O) groups excluding carboxylic acids is 1. The van der Waals surface area contributed by atoms with Crippen molar-refractivity contribution in [1.82, 2.24) is 24.3 Å². The molecule has 0 spiro atoms. The highest BCUT2D eigenvalue weighted by Gasteiger charge is 2.49. The van der Waals surface area contributed by atoms with E-state index < -0.39 is 17.3 Å². The number of alkyl halides is 3. The number of methoxy groups -OCH3 is 1. The van der Waals surface area contributed by atoms with Crippen molar-refractivity contribution in [2.24, 2.45) is 0 Å². The molecule has 0 atom stereocenters. The summed E-state index contributed by atoms with van der Waals surface area (Å²) in [5.74, 6) is 0.219. The van der Waals surface area contributed by atoms with Crippen LogP contribution in [0.2, 0.25) is 0 Å². The van der Waals surface area contributed by atoms with E-state index in [0.29, 0.717) is 35.6 Å². The van der Waals surface area contributed by atoms with Crippen LogP contribution in [0, 0.1) is 0 Å². The van der Waals surface area contributed by atoms with Crippen LogP contribution in [0.25, 0.3) is 17.0 Å². The molecule has 6 rings (SSSR count). The molecular formula is C28H22F3N7O2. The predicted octanol–water partition coefficient (Wildman–Crippen LogP) is 5.13. The fraction of sp³-hybridized carbons (Fsp3) is 0.179. The topological polar surface area (TPSA) is 120 Å². The lowest BCUT2D eigenvalue weighted by atomic mass is 9.93. The number of nitrogens with one attached hydrogen (secondary N) is 1. The molecule has 1 aliphatic carbocycles. The molecule has 0 saturated heterocycles. The molecule has 2 aromatic carbocycles. The first kappa shape index (κ1) is 25.3. The standard InChI is InChI=1S/C28H22F3N7O2/c1-40-22-14-21-37-24(28(29,30)31)23(38(21)15-34-22)20-10-13-33-26(36-20)27(11-12-27)17-8-6-16(7-9-17)25(39)35-19-5-3-2-4-18(19)32/h2-10,13-15H,11-12,32H2,1H3,(H,35,39). The van der Waals surface area contributed by atoms with Crippen molar-refractivity contribution < 1.29 is 22.7 Å². The summed E-state index contributed by atoms with van der Waals surface area (Å²) in [5, 5.41) is 2.79. The van der Waals surface area contributed by atoms with Gasteiger partial charge in [-0.15, -0.1) is 0 Å². The van der Waals surface area contributed by atoms with E-state index in [1.54, 1.807) is 36.4 Å². The number of anilines is 2. The Labute approximate surface area is 225 Å². The van der Waals surface area contributed by atoms with Gasteiger partial charge in [-0.3, -0.25) is 9.20 Å². The van der Waals surface area contributed by atoms with Gasteiger partial charge in [-0.05, 0) is 48.7 Å². The average molecular weight is 546 g/mol. The van der Waals surface area contributed by atoms with Gasteiger partial charge in [0.15, 0.2) is 5.69 Å². The predicted molar refractivity (Wildman–Crippen MR) is 141 cm³/mol. The van der Waals surface area contributed by atoms with Crippen molar-refractivity contribution in [3.05, 3.63) is 95.8 Å². The Bertz CT molecular complexity index is 1750. The van der Waals surface area contributed by atoms with Gasteiger partial charge in [-0.25, -0.2) is 19.9 Å². The number of hydrogen-bond acceptors (Lipinski definition) is 7. The van der Waals surface area contributed by atoms with Gasteiger partial charge in [0.2, 0.25) is 5.88 Å². The third-order valence-corrected chi connectivity index (χ3v) is 6.95. The Morgan fingerprint density at radius 2 is 1.80 bits per heavy atom. The Morgan fingerprint density at radius 1 is 1.05 bits per heavy atom. The largest absolute Gasteiger partial charge is 0.481 e. The fourth-order valence-corrected chi connectivity index (χ4v) is 4.72. The second-order valence-electron chi connectivity index (χ2n) is 9.43. The number of halogens is 3. The van der Waals surface area contributed by atoms with Crippen LogP contribution in [-0.2, 0) is 11.6 Å². The summed E-state index contributed by atoms with van der Waals surface area (Å²) in [4.78, 5) is 29.6. The molecular weight excluding hydrogens is 523 g/mol. The van der Waals surface area contributed by atoms with Gasteiger partial charge in [0.05, 0.1) is 29.6 Å². The van der Waals surface area contributed by atoms with Crippen LogP contribution in [-0.4, -0.2) is 37.4 Å². The molecule has 0 aliphatic heterocycles. The van der Waals surface area contributed by atoms with E-state index in [2.05, 4.69) is 25.3 Å². The summed E-state index contributed by atoms with van der Waals surface area (Å²) >= 11 is 0. The van der Waals surface area contributed by atoms with Gasteiger partial charge < -0.3 is 15.8 Å². The van der Waals surface area contributed by atoms with Crippen LogP contribution in [0.3, 0.4) is 0 Å². The van der Waals surface area contributed by atoms with Crippen LogP contribution in [0.4, 0.5) is 24.5 Å². The number of carbonyl (C=O) groups is 1. The molecule has 9 nitrogen and oxygen atoms in total. The van der Waals surface area contributed by atoms with Gasteiger partial charge in [0, 0.05) is 17.8 Å². The monoisotopic (exact) mass is 545 g/mol. The van der Waals surface area contributed by atoms with Gasteiger partial charge in [0.25, 0.3) is 5.91 Å². The molecule has 0 unspecified atom stereocenters. The number of para-hydroxylation sites is 2. The number of nitrogen functional groups attached to an aromatic ring is 1. The zero-order valence-electron chi connectivity index (χ0n) is 21.1. The number of nitrogens with two attached hydrogens (primary N) is 1. The van der Waals surface area contributed by atoms with Crippen LogP contribution >= 0.6 is 0 Å². The molecule has 5 aromatic rings. The maximum atomic E-state index is 14.0. The molecule has 3 aromatic heterocycles. The molecule has 1 amide bonds. The van der Waals surface area contributed by atoms with Gasteiger partial charge in [-0.1, -0.05) is 24.3 Å². The lowest BCUT2D eigenvalue weighted by molar-refractivity contribution is -0.140. The molecule has 3 N–H and O–H groups in total. The summed E-state index contributed by atoms with van der Waals surface area (Å²) in [6.07, 6.45) is -0.632. The Morgan fingerprint density at radius 3 is 2.48 bits per heavy atom. The molecule has 12 heteroatoms. The fourth-order valence-electron chi connectivity index (χ4n) is 4.72. The van der Waals surface area contributed by atoms with Crippen LogP contribution < -0.4 is 15.8 Å².